The van der Waals surface area contributed by atoms with Crippen LogP contribution in [0.3, 0.4) is 0 Å². The Hall–Kier alpha value is 0.394. The van der Waals surface area contributed by atoms with Gasteiger partial charge in [0.15, 0.2) is 8.32 Å². The van der Waals surface area contributed by atoms with Crippen LogP contribution in [0.4, 0.5) is 0 Å². The first-order valence-electron chi connectivity index (χ1n) is 5.41. The fourth-order valence-electron chi connectivity index (χ4n) is 1.14. The maximum atomic E-state index is 5.99. The molecule has 3 heteroatoms. The molecule has 0 N–H and O–H groups in total. The molecule has 0 amide bonds. The molecule has 0 aliphatic heterocycles. The summed E-state index contributed by atoms with van der Waals surface area (Å²) in [5.41, 5.74) is 0. The molecule has 0 bridgehead atoms. The van der Waals surface area contributed by atoms with Crippen molar-refractivity contribution in [2.24, 2.45) is 0 Å². The molecule has 0 unspecified atom stereocenters. The van der Waals surface area contributed by atoms with E-state index >= 15 is 0 Å². The summed E-state index contributed by atoms with van der Waals surface area (Å²) in [4.78, 5) is 0. The Kier molecular flexibility index (Phi) is 5.48. The first kappa shape index (κ1) is 13.4. The molecular weight excluding hydrogens is 192 g/mol. The highest BCUT2D eigenvalue weighted by Crippen LogP contribution is 2.16. The molecule has 13 heavy (non-hydrogen) atoms. The number of hydrogen-bond donors (Lipinski definition) is 0. The highest BCUT2D eigenvalue weighted by atomic mass is 28.4. The molecule has 80 valence electrons. The van der Waals surface area contributed by atoms with Gasteiger partial charge in [-0.05, 0) is 19.6 Å². The summed E-state index contributed by atoms with van der Waals surface area (Å²) in [7, 11) is -2.29. The summed E-state index contributed by atoms with van der Waals surface area (Å²) in [5.74, 6) is 0. The fourth-order valence-corrected chi connectivity index (χ4v) is 5.89. The van der Waals surface area contributed by atoms with Crippen LogP contribution < -0.4 is 0 Å². The molecule has 0 aromatic carbocycles. The summed E-state index contributed by atoms with van der Waals surface area (Å²) in [5, 5.41) is 0. The van der Waals surface area contributed by atoms with Crippen molar-refractivity contribution in [3.63, 3.8) is 0 Å². The Bertz CT molecular complexity index is 138. The predicted octanol–water partition coefficient (Wildman–Crippen LogP) is 3.89. The van der Waals surface area contributed by atoms with Crippen molar-refractivity contribution in [1.29, 1.82) is 0 Å². The van der Waals surface area contributed by atoms with E-state index < -0.39 is 16.4 Å². The van der Waals surface area contributed by atoms with Gasteiger partial charge in [0.2, 0.25) is 0 Å². The molecular formula is C10H26OSi2. The Morgan fingerprint density at radius 3 is 1.92 bits per heavy atom. The second-order valence-electron chi connectivity index (χ2n) is 5.67. The van der Waals surface area contributed by atoms with E-state index in [2.05, 4.69) is 39.7 Å². The molecule has 0 aliphatic carbocycles. The summed E-state index contributed by atoms with van der Waals surface area (Å²) < 4.78 is 5.99. The fraction of sp³-hybridized carbons (Fsp3) is 1.00. The molecule has 0 heterocycles. The van der Waals surface area contributed by atoms with E-state index in [4.69, 9.17) is 4.43 Å². The third-order valence-electron chi connectivity index (χ3n) is 2.10. The lowest BCUT2D eigenvalue weighted by atomic mass is 10.4. The number of hydrogen-bond acceptors (Lipinski definition) is 1. The first-order chi connectivity index (χ1) is 5.77. The molecule has 1 nitrogen and oxygen atoms in total. The Morgan fingerprint density at radius 1 is 1.00 bits per heavy atom. The van der Waals surface area contributed by atoms with E-state index in [-0.39, 0.29) is 0 Å². The maximum Gasteiger partial charge on any atom is 0.183 e. The zero-order valence-electron chi connectivity index (χ0n) is 10.2. The van der Waals surface area contributed by atoms with Crippen molar-refractivity contribution in [1.82, 2.24) is 0 Å². The Balaban J connectivity index is 3.75. The zero-order valence-corrected chi connectivity index (χ0v) is 12.2. The van der Waals surface area contributed by atoms with Gasteiger partial charge in [0, 0.05) is 6.23 Å². The molecule has 0 rings (SSSR count). The van der Waals surface area contributed by atoms with Gasteiger partial charge in [0.1, 0.15) is 0 Å². The molecule has 0 atom stereocenters. The van der Waals surface area contributed by atoms with Crippen LogP contribution in [0.2, 0.25) is 38.8 Å². The first-order valence-corrected chi connectivity index (χ1v) is 12.2. The van der Waals surface area contributed by atoms with Gasteiger partial charge in [0.25, 0.3) is 0 Å². The van der Waals surface area contributed by atoms with Gasteiger partial charge in [-0.2, -0.15) is 0 Å². The smallest absolute Gasteiger partial charge is 0.183 e. The van der Waals surface area contributed by atoms with Crippen LogP contribution in [0.5, 0.6) is 0 Å². The van der Waals surface area contributed by atoms with Gasteiger partial charge in [-0.3, -0.25) is 0 Å². The van der Waals surface area contributed by atoms with Crippen LogP contribution in [0.25, 0.3) is 0 Å². The average molecular weight is 218 g/mol. The van der Waals surface area contributed by atoms with Crippen molar-refractivity contribution >= 4 is 16.4 Å². The topological polar surface area (TPSA) is 9.23 Å². The van der Waals surface area contributed by atoms with Crippen LogP contribution in [-0.4, -0.2) is 22.6 Å². The number of unbranched alkanes of at least 4 members (excludes halogenated alkanes) is 1. The summed E-state index contributed by atoms with van der Waals surface area (Å²) in [6, 6.07) is 1.42. The quantitative estimate of drug-likeness (QED) is 0.615. The third-order valence-corrected chi connectivity index (χ3v) is 6.03. The lowest BCUT2D eigenvalue weighted by molar-refractivity contribution is 0.371. The van der Waals surface area contributed by atoms with Gasteiger partial charge in [0.05, 0.1) is 8.07 Å². The minimum atomic E-state index is -1.27. The second-order valence-corrected chi connectivity index (χ2v) is 15.3. The normalized spacial score (nSPS) is 13.4. The zero-order chi connectivity index (χ0) is 10.5. The van der Waals surface area contributed by atoms with Crippen molar-refractivity contribution in [2.75, 3.05) is 6.23 Å². The standard InChI is InChI=1S/C10H26OSi2/c1-7-8-9-13(5,6)10-11-12(2,3)4/h7-10H2,1-6H3. The molecule has 0 aromatic rings. The van der Waals surface area contributed by atoms with Gasteiger partial charge < -0.3 is 4.43 Å². The van der Waals surface area contributed by atoms with Gasteiger partial charge in [-0.15, -0.1) is 0 Å². The van der Waals surface area contributed by atoms with Gasteiger partial charge >= 0.3 is 0 Å². The molecule has 0 saturated heterocycles. The van der Waals surface area contributed by atoms with Crippen molar-refractivity contribution in [3.05, 3.63) is 0 Å². The predicted molar refractivity (Wildman–Crippen MR) is 66.5 cm³/mol. The highest BCUT2D eigenvalue weighted by molar-refractivity contribution is 6.79. The maximum absolute atomic E-state index is 5.99. The van der Waals surface area contributed by atoms with Gasteiger partial charge in [-0.1, -0.05) is 38.9 Å². The molecule has 0 aromatic heterocycles. The summed E-state index contributed by atoms with van der Waals surface area (Å²) >= 11 is 0. The minimum Gasteiger partial charge on any atom is -0.421 e. The van der Waals surface area contributed by atoms with E-state index in [9.17, 15) is 0 Å². The second kappa shape index (κ2) is 5.32. The van der Waals surface area contributed by atoms with Crippen molar-refractivity contribution in [3.8, 4) is 0 Å². The van der Waals surface area contributed by atoms with Crippen molar-refractivity contribution < 1.29 is 4.43 Å². The molecule has 0 spiro atoms. The van der Waals surface area contributed by atoms with E-state index in [1.165, 1.54) is 18.9 Å². The Morgan fingerprint density at radius 2 is 1.54 bits per heavy atom. The van der Waals surface area contributed by atoms with E-state index in [1.807, 2.05) is 0 Å². The monoisotopic (exact) mass is 218 g/mol. The SMILES string of the molecule is CCCC[Si](C)(C)CO[Si](C)(C)C. The lowest BCUT2D eigenvalue weighted by Gasteiger charge is -2.27. The summed E-state index contributed by atoms with van der Waals surface area (Å²) in [6.45, 7) is 14.0. The van der Waals surface area contributed by atoms with Crippen LogP contribution in [0.15, 0.2) is 0 Å². The Labute approximate surface area is 86.0 Å². The lowest BCUT2D eigenvalue weighted by Crippen LogP contribution is -2.39. The molecule has 0 aliphatic rings. The van der Waals surface area contributed by atoms with Crippen LogP contribution in [0, 0.1) is 0 Å². The molecule has 0 fully saturated rings. The highest BCUT2D eigenvalue weighted by Gasteiger charge is 2.24. The van der Waals surface area contributed by atoms with Crippen LogP contribution in [-0.2, 0) is 4.43 Å². The van der Waals surface area contributed by atoms with E-state index in [1.54, 1.807) is 0 Å². The van der Waals surface area contributed by atoms with Crippen molar-refractivity contribution in [2.45, 2.75) is 58.5 Å². The van der Waals surface area contributed by atoms with E-state index in [0.29, 0.717) is 0 Å². The van der Waals surface area contributed by atoms with Crippen LogP contribution in [0.1, 0.15) is 19.8 Å². The number of rotatable bonds is 6. The molecule has 0 radical (unpaired) electrons. The summed E-state index contributed by atoms with van der Waals surface area (Å²) in [6.07, 6.45) is 3.78. The van der Waals surface area contributed by atoms with E-state index in [0.717, 1.165) is 6.23 Å². The molecule has 0 saturated carbocycles. The largest absolute Gasteiger partial charge is 0.421 e. The average Bonchev–Trinajstić information content (AvgIpc) is 1.97. The van der Waals surface area contributed by atoms with Crippen LogP contribution >= 0.6 is 0 Å². The minimum absolute atomic E-state index is 1.02. The van der Waals surface area contributed by atoms with Gasteiger partial charge in [-0.25, -0.2) is 0 Å². The third kappa shape index (κ3) is 8.72.